The van der Waals surface area contributed by atoms with Crippen molar-refractivity contribution in [2.45, 2.75) is 13.3 Å². The summed E-state index contributed by atoms with van der Waals surface area (Å²) >= 11 is 0. The first kappa shape index (κ1) is 12.8. The predicted molar refractivity (Wildman–Crippen MR) is 68.4 cm³/mol. The molecule has 1 aromatic rings. The molecule has 0 unspecified atom stereocenters. The van der Waals surface area contributed by atoms with E-state index in [4.69, 9.17) is 5.73 Å². The Morgan fingerprint density at radius 2 is 2.06 bits per heavy atom. The van der Waals surface area contributed by atoms with Crippen molar-refractivity contribution in [1.82, 2.24) is 0 Å². The quantitative estimate of drug-likeness (QED) is 0.605. The highest BCUT2D eigenvalue weighted by molar-refractivity contribution is 7.90. The summed E-state index contributed by atoms with van der Waals surface area (Å²) in [6.07, 6.45) is 1.83. The topological polar surface area (TPSA) is 72.2 Å². The van der Waals surface area contributed by atoms with Gasteiger partial charge in [-0.1, -0.05) is 6.07 Å². The minimum Gasteiger partial charge on any atom is -0.397 e. The molecule has 90 valence electrons. The molecule has 0 amide bonds. The third-order valence-electron chi connectivity index (χ3n) is 2.21. The Morgan fingerprint density at radius 1 is 1.38 bits per heavy atom. The SMILES string of the molecule is Cc1ccc(NCCCS(C)(=O)=O)c(N)c1. The lowest BCUT2D eigenvalue weighted by molar-refractivity contribution is 0.600. The van der Waals surface area contributed by atoms with Crippen molar-refractivity contribution >= 4 is 21.2 Å². The normalized spacial score (nSPS) is 11.4. The van der Waals surface area contributed by atoms with Crippen LogP contribution in [0.15, 0.2) is 18.2 Å². The second kappa shape index (κ2) is 5.21. The summed E-state index contributed by atoms with van der Waals surface area (Å²) in [4.78, 5) is 0. The number of aryl methyl sites for hydroxylation is 1. The van der Waals surface area contributed by atoms with E-state index in [1.54, 1.807) is 0 Å². The molecule has 16 heavy (non-hydrogen) atoms. The summed E-state index contributed by atoms with van der Waals surface area (Å²) < 4.78 is 21.8. The number of sulfone groups is 1. The first-order valence-corrected chi connectivity index (χ1v) is 7.22. The smallest absolute Gasteiger partial charge is 0.147 e. The predicted octanol–water partition coefficient (Wildman–Crippen LogP) is 1.42. The molecule has 0 saturated carbocycles. The van der Waals surface area contributed by atoms with Gasteiger partial charge in [0.25, 0.3) is 0 Å². The standard InChI is InChI=1S/C11H18N2O2S/c1-9-4-5-11(10(12)8-9)13-6-3-7-16(2,14)15/h4-5,8,13H,3,6-7,12H2,1-2H3. The van der Waals surface area contributed by atoms with E-state index in [2.05, 4.69) is 5.32 Å². The first-order chi connectivity index (χ1) is 7.38. The molecule has 3 N–H and O–H groups in total. The van der Waals surface area contributed by atoms with Gasteiger partial charge in [0, 0.05) is 12.8 Å². The van der Waals surface area contributed by atoms with E-state index in [1.807, 2.05) is 25.1 Å². The highest BCUT2D eigenvalue weighted by Crippen LogP contribution is 2.19. The fraction of sp³-hybridized carbons (Fsp3) is 0.455. The van der Waals surface area contributed by atoms with E-state index in [-0.39, 0.29) is 5.75 Å². The van der Waals surface area contributed by atoms with E-state index in [0.29, 0.717) is 18.7 Å². The lowest BCUT2D eigenvalue weighted by Crippen LogP contribution is -2.10. The van der Waals surface area contributed by atoms with Crippen molar-refractivity contribution < 1.29 is 8.42 Å². The van der Waals surface area contributed by atoms with Gasteiger partial charge in [-0.2, -0.15) is 0 Å². The van der Waals surface area contributed by atoms with E-state index in [9.17, 15) is 8.42 Å². The molecular weight excluding hydrogens is 224 g/mol. The number of nitrogen functional groups attached to an aromatic ring is 1. The number of benzene rings is 1. The summed E-state index contributed by atoms with van der Waals surface area (Å²) in [6.45, 7) is 2.59. The molecule has 0 aromatic heterocycles. The number of nitrogens with two attached hydrogens (primary N) is 1. The third-order valence-corrected chi connectivity index (χ3v) is 3.24. The van der Waals surface area contributed by atoms with Crippen LogP contribution in [0.25, 0.3) is 0 Å². The summed E-state index contributed by atoms with van der Waals surface area (Å²) in [6, 6.07) is 5.76. The van der Waals surface area contributed by atoms with Gasteiger partial charge in [0.1, 0.15) is 9.84 Å². The molecule has 0 bridgehead atoms. The zero-order valence-electron chi connectivity index (χ0n) is 9.66. The van der Waals surface area contributed by atoms with Gasteiger partial charge >= 0.3 is 0 Å². The van der Waals surface area contributed by atoms with Gasteiger partial charge in [0.2, 0.25) is 0 Å². The Balaban J connectivity index is 2.43. The monoisotopic (exact) mass is 242 g/mol. The van der Waals surface area contributed by atoms with Gasteiger partial charge in [-0.15, -0.1) is 0 Å². The maximum Gasteiger partial charge on any atom is 0.147 e. The van der Waals surface area contributed by atoms with E-state index in [1.165, 1.54) is 6.26 Å². The average Bonchev–Trinajstić information content (AvgIpc) is 2.13. The van der Waals surface area contributed by atoms with Gasteiger partial charge in [0.05, 0.1) is 17.1 Å². The van der Waals surface area contributed by atoms with Crippen LogP contribution in [0.1, 0.15) is 12.0 Å². The fourth-order valence-electron chi connectivity index (χ4n) is 1.40. The molecule has 0 heterocycles. The maximum absolute atomic E-state index is 10.9. The van der Waals surface area contributed by atoms with Gasteiger partial charge in [-0.05, 0) is 31.0 Å². The average molecular weight is 242 g/mol. The molecule has 4 nitrogen and oxygen atoms in total. The van der Waals surface area contributed by atoms with Crippen LogP contribution in [0.5, 0.6) is 0 Å². The van der Waals surface area contributed by atoms with Crippen LogP contribution in [0.2, 0.25) is 0 Å². The van der Waals surface area contributed by atoms with Crippen LogP contribution in [-0.2, 0) is 9.84 Å². The summed E-state index contributed by atoms with van der Waals surface area (Å²) in [5, 5.41) is 3.12. The van der Waals surface area contributed by atoms with Crippen LogP contribution < -0.4 is 11.1 Å². The molecule has 0 aliphatic carbocycles. The lowest BCUT2D eigenvalue weighted by atomic mass is 10.2. The van der Waals surface area contributed by atoms with E-state index >= 15 is 0 Å². The Kier molecular flexibility index (Phi) is 4.18. The van der Waals surface area contributed by atoms with Crippen LogP contribution in [0.4, 0.5) is 11.4 Å². The Hall–Kier alpha value is -1.23. The molecule has 0 radical (unpaired) electrons. The summed E-state index contributed by atoms with van der Waals surface area (Å²) in [7, 11) is -2.87. The number of anilines is 2. The summed E-state index contributed by atoms with van der Waals surface area (Å²) in [5.41, 5.74) is 8.47. The Labute approximate surface area is 96.8 Å². The zero-order chi connectivity index (χ0) is 12.2. The number of hydrogen-bond acceptors (Lipinski definition) is 4. The van der Waals surface area contributed by atoms with Crippen molar-refractivity contribution in [2.75, 3.05) is 29.6 Å². The van der Waals surface area contributed by atoms with Crippen molar-refractivity contribution in [3.63, 3.8) is 0 Å². The molecule has 1 rings (SSSR count). The molecule has 0 aliphatic heterocycles. The molecule has 1 aromatic carbocycles. The highest BCUT2D eigenvalue weighted by atomic mass is 32.2. The fourth-order valence-corrected chi connectivity index (χ4v) is 2.07. The van der Waals surface area contributed by atoms with Crippen LogP contribution in [-0.4, -0.2) is 27.0 Å². The van der Waals surface area contributed by atoms with E-state index < -0.39 is 9.84 Å². The summed E-state index contributed by atoms with van der Waals surface area (Å²) in [5.74, 6) is 0.200. The number of nitrogens with one attached hydrogen (secondary N) is 1. The van der Waals surface area contributed by atoms with Crippen molar-refractivity contribution in [2.24, 2.45) is 0 Å². The minimum atomic E-state index is -2.87. The van der Waals surface area contributed by atoms with Crippen molar-refractivity contribution in [1.29, 1.82) is 0 Å². The van der Waals surface area contributed by atoms with Crippen LogP contribution in [0, 0.1) is 6.92 Å². The molecular formula is C11H18N2O2S. The first-order valence-electron chi connectivity index (χ1n) is 5.16. The second-order valence-corrected chi connectivity index (χ2v) is 6.26. The largest absolute Gasteiger partial charge is 0.397 e. The van der Waals surface area contributed by atoms with Crippen LogP contribution in [0.3, 0.4) is 0 Å². The number of rotatable bonds is 5. The Bertz CT molecular complexity index is 455. The second-order valence-electron chi connectivity index (χ2n) is 4.00. The molecule has 0 atom stereocenters. The van der Waals surface area contributed by atoms with E-state index in [0.717, 1.165) is 11.3 Å². The Morgan fingerprint density at radius 3 is 2.62 bits per heavy atom. The van der Waals surface area contributed by atoms with Gasteiger partial charge in [0.15, 0.2) is 0 Å². The molecule has 0 aliphatic rings. The van der Waals surface area contributed by atoms with Gasteiger partial charge in [-0.25, -0.2) is 8.42 Å². The molecule has 0 spiro atoms. The highest BCUT2D eigenvalue weighted by Gasteiger charge is 2.02. The zero-order valence-corrected chi connectivity index (χ0v) is 10.5. The van der Waals surface area contributed by atoms with Crippen LogP contribution >= 0.6 is 0 Å². The van der Waals surface area contributed by atoms with Gasteiger partial charge in [-0.3, -0.25) is 0 Å². The number of hydrogen-bond donors (Lipinski definition) is 2. The van der Waals surface area contributed by atoms with Crippen molar-refractivity contribution in [3.05, 3.63) is 23.8 Å². The minimum absolute atomic E-state index is 0.200. The molecule has 5 heteroatoms. The molecule has 0 saturated heterocycles. The molecule has 0 fully saturated rings. The van der Waals surface area contributed by atoms with Gasteiger partial charge < -0.3 is 11.1 Å². The lowest BCUT2D eigenvalue weighted by Gasteiger charge is -2.09. The van der Waals surface area contributed by atoms with Crippen molar-refractivity contribution in [3.8, 4) is 0 Å². The maximum atomic E-state index is 10.9. The third kappa shape index (κ3) is 4.53.